The van der Waals surface area contributed by atoms with Crippen molar-refractivity contribution in [2.24, 2.45) is 5.41 Å². The third kappa shape index (κ3) is 2.95. The molecule has 29 heavy (non-hydrogen) atoms. The average molecular weight is 424 g/mol. The molecule has 0 radical (unpaired) electrons. The van der Waals surface area contributed by atoms with Crippen molar-refractivity contribution in [1.82, 2.24) is 0 Å². The van der Waals surface area contributed by atoms with Crippen LogP contribution in [0.4, 0.5) is 26.3 Å². The van der Waals surface area contributed by atoms with E-state index in [0.717, 1.165) is 0 Å². The second-order valence-corrected chi connectivity index (χ2v) is 7.44. The summed E-state index contributed by atoms with van der Waals surface area (Å²) in [5.41, 5.74) is -2.05. The van der Waals surface area contributed by atoms with Gasteiger partial charge in [0.15, 0.2) is 0 Å². The number of halogens is 6. The van der Waals surface area contributed by atoms with Crippen molar-refractivity contribution in [3.05, 3.63) is 47.2 Å². The average Bonchev–Trinajstić information content (AvgIpc) is 3.26. The van der Waals surface area contributed by atoms with Crippen LogP contribution >= 0.6 is 0 Å². The number of fused-ring (bicyclic) bond motifs is 2. The standard InChI is InChI=1S/C19H18F6O4/c20-17(21,22)15-12-6-8-28-14(12)16(18(26,29-15)19(23,24)25)7-9-27-13(16)10-11-4-2-1-3-5-11/h1-5,13-14,26H,6-10H2/t13-,14+,16-,18-/m0/s1. The summed E-state index contributed by atoms with van der Waals surface area (Å²) in [5.74, 6) is -5.94. The first kappa shape index (κ1) is 20.5. The van der Waals surface area contributed by atoms with E-state index in [9.17, 15) is 31.4 Å². The number of rotatable bonds is 2. The zero-order valence-electron chi connectivity index (χ0n) is 15.0. The van der Waals surface area contributed by atoms with Gasteiger partial charge < -0.3 is 19.3 Å². The minimum atomic E-state index is -5.51. The molecule has 10 heteroatoms. The van der Waals surface area contributed by atoms with Crippen LogP contribution in [0.25, 0.3) is 0 Å². The fourth-order valence-electron chi connectivity index (χ4n) is 4.69. The van der Waals surface area contributed by atoms with E-state index in [0.29, 0.717) is 5.56 Å². The molecular formula is C19H18F6O4. The summed E-state index contributed by atoms with van der Waals surface area (Å²) in [6.45, 7) is -0.371. The molecule has 1 aromatic carbocycles. The first-order chi connectivity index (χ1) is 13.5. The first-order valence-corrected chi connectivity index (χ1v) is 9.06. The molecule has 3 aliphatic rings. The van der Waals surface area contributed by atoms with Crippen molar-refractivity contribution in [3.63, 3.8) is 0 Å². The van der Waals surface area contributed by atoms with Crippen molar-refractivity contribution >= 4 is 0 Å². The molecule has 2 saturated heterocycles. The summed E-state index contributed by atoms with van der Waals surface area (Å²) in [5, 5.41) is 10.7. The normalized spacial score (nSPS) is 35.1. The second-order valence-electron chi connectivity index (χ2n) is 7.44. The van der Waals surface area contributed by atoms with Gasteiger partial charge in [0, 0.05) is 12.2 Å². The Morgan fingerprint density at radius 1 is 1.00 bits per heavy atom. The molecule has 0 unspecified atom stereocenters. The molecule has 1 aromatic rings. The Hall–Kier alpha value is -1.78. The van der Waals surface area contributed by atoms with E-state index in [4.69, 9.17) is 9.47 Å². The Bertz CT molecular complexity index is 805. The van der Waals surface area contributed by atoms with Crippen LogP contribution < -0.4 is 0 Å². The fraction of sp³-hybridized carbons (Fsp3) is 0.579. The zero-order valence-corrected chi connectivity index (χ0v) is 15.0. The molecule has 3 aliphatic heterocycles. The molecule has 0 aliphatic carbocycles. The van der Waals surface area contributed by atoms with Gasteiger partial charge in [-0.3, -0.25) is 0 Å². The monoisotopic (exact) mass is 424 g/mol. The van der Waals surface area contributed by atoms with E-state index in [-0.39, 0.29) is 32.5 Å². The molecule has 2 fully saturated rings. The molecule has 0 bridgehead atoms. The Labute approximate surface area is 162 Å². The third-order valence-corrected chi connectivity index (χ3v) is 5.93. The highest BCUT2D eigenvalue weighted by Crippen LogP contribution is 2.63. The molecule has 4 nitrogen and oxygen atoms in total. The number of allylic oxidation sites excluding steroid dienone is 1. The number of benzene rings is 1. The fourth-order valence-corrected chi connectivity index (χ4v) is 4.69. The SMILES string of the molecule is O[C@]1(C(F)(F)F)OC(C(F)(F)F)=C2CCO[C@H]2[C@@]12CCO[C@H]2Cc1ccccc1. The maximum atomic E-state index is 14.1. The molecule has 160 valence electrons. The summed E-state index contributed by atoms with van der Waals surface area (Å²) in [6.07, 6.45) is -14.2. The van der Waals surface area contributed by atoms with Gasteiger partial charge in [0.25, 0.3) is 0 Å². The number of hydrogen-bond donors (Lipinski definition) is 1. The topological polar surface area (TPSA) is 47.9 Å². The van der Waals surface area contributed by atoms with Crippen LogP contribution in [-0.4, -0.2) is 48.7 Å². The van der Waals surface area contributed by atoms with Gasteiger partial charge in [-0.25, -0.2) is 0 Å². The molecule has 4 atom stereocenters. The Morgan fingerprint density at radius 2 is 1.69 bits per heavy atom. The quantitative estimate of drug-likeness (QED) is 0.732. The van der Waals surface area contributed by atoms with E-state index in [1.807, 2.05) is 0 Å². The highest BCUT2D eigenvalue weighted by Gasteiger charge is 2.79. The summed E-state index contributed by atoms with van der Waals surface area (Å²) in [6, 6.07) is 8.42. The highest BCUT2D eigenvalue weighted by molar-refractivity contribution is 5.33. The van der Waals surface area contributed by atoms with Crippen molar-refractivity contribution in [1.29, 1.82) is 0 Å². The highest BCUT2D eigenvalue weighted by atomic mass is 19.4. The van der Waals surface area contributed by atoms with Gasteiger partial charge in [0.05, 0.1) is 18.8 Å². The van der Waals surface area contributed by atoms with Crippen LogP contribution in [0.1, 0.15) is 18.4 Å². The largest absolute Gasteiger partial charge is 0.456 e. The van der Waals surface area contributed by atoms with Gasteiger partial charge in [-0.2, -0.15) is 26.3 Å². The minimum absolute atomic E-state index is 0.0446. The van der Waals surface area contributed by atoms with Crippen molar-refractivity contribution < 1.29 is 45.7 Å². The van der Waals surface area contributed by atoms with E-state index >= 15 is 0 Å². The maximum Gasteiger partial charge on any atom is 0.456 e. The molecular weight excluding hydrogens is 406 g/mol. The van der Waals surface area contributed by atoms with Crippen LogP contribution in [-0.2, 0) is 20.6 Å². The van der Waals surface area contributed by atoms with Gasteiger partial charge in [-0.15, -0.1) is 0 Å². The summed E-state index contributed by atoms with van der Waals surface area (Å²) in [7, 11) is 0. The predicted octanol–water partition coefficient (Wildman–Crippen LogP) is 3.89. The van der Waals surface area contributed by atoms with Crippen LogP contribution in [0.5, 0.6) is 0 Å². The van der Waals surface area contributed by atoms with E-state index < -0.39 is 47.1 Å². The zero-order chi connectivity index (χ0) is 21.1. The van der Waals surface area contributed by atoms with Crippen molar-refractivity contribution in [2.45, 2.75) is 49.6 Å². The number of ether oxygens (including phenoxy) is 3. The Morgan fingerprint density at radius 3 is 2.31 bits per heavy atom. The van der Waals surface area contributed by atoms with E-state index in [2.05, 4.69) is 4.74 Å². The Balaban J connectivity index is 1.88. The molecule has 1 N–H and O–H groups in total. The van der Waals surface area contributed by atoms with Crippen LogP contribution in [0, 0.1) is 5.41 Å². The minimum Gasteiger partial charge on any atom is -0.447 e. The van der Waals surface area contributed by atoms with Gasteiger partial charge in [-0.1, -0.05) is 30.3 Å². The summed E-state index contributed by atoms with van der Waals surface area (Å²) >= 11 is 0. The Kier molecular flexibility index (Phi) is 4.67. The van der Waals surface area contributed by atoms with Crippen molar-refractivity contribution in [2.75, 3.05) is 13.2 Å². The maximum absolute atomic E-state index is 14.1. The predicted molar refractivity (Wildman–Crippen MR) is 86.5 cm³/mol. The number of aliphatic hydroxyl groups is 1. The lowest BCUT2D eigenvalue weighted by Gasteiger charge is -2.53. The second kappa shape index (κ2) is 6.61. The van der Waals surface area contributed by atoms with Gasteiger partial charge in [0.2, 0.25) is 5.76 Å². The lowest BCUT2D eigenvalue weighted by atomic mass is 9.64. The van der Waals surface area contributed by atoms with Gasteiger partial charge >= 0.3 is 18.1 Å². The number of alkyl halides is 6. The molecule has 0 saturated carbocycles. The molecule has 4 rings (SSSR count). The van der Waals surface area contributed by atoms with Crippen molar-refractivity contribution in [3.8, 4) is 0 Å². The van der Waals surface area contributed by atoms with Crippen LogP contribution in [0.3, 0.4) is 0 Å². The lowest BCUT2D eigenvalue weighted by Crippen LogP contribution is -2.70. The van der Waals surface area contributed by atoms with Gasteiger partial charge in [0.1, 0.15) is 5.41 Å². The summed E-state index contributed by atoms with van der Waals surface area (Å²) < 4.78 is 98.1. The third-order valence-electron chi connectivity index (χ3n) is 5.93. The van der Waals surface area contributed by atoms with Gasteiger partial charge in [-0.05, 0) is 24.8 Å². The smallest absolute Gasteiger partial charge is 0.447 e. The van der Waals surface area contributed by atoms with E-state index in [1.54, 1.807) is 30.3 Å². The van der Waals surface area contributed by atoms with Crippen LogP contribution in [0.15, 0.2) is 41.7 Å². The number of hydrogen-bond acceptors (Lipinski definition) is 4. The van der Waals surface area contributed by atoms with E-state index in [1.165, 1.54) is 0 Å². The summed E-state index contributed by atoms with van der Waals surface area (Å²) in [4.78, 5) is 0. The molecule has 0 aromatic heterocycles. The molecule has 1 spiro atoms. The lowest BCUT2D eigenvalue weighted by molar-refractivity contribution is -0.425. The molecule has 3 heterocycles. The van der Waals surface area contributed by atoms with Crippen LogP contribution in [0.2, 0.25) is 0 Å². The molecule has 0 amide bonds. The first-order valence-electron chi connectivity index (χ1n) is 9.06.